The van der Waals surface area contributed by atoms with Crippen LogP contribution in [0.15, 0.2) is 0 Å². The molecule has 0 aromatic carbocycles. The van der Waals surface area contributed by atoms with E-state index in [9.17, 15) is 4.79 Å². The number of hydrogen-bond donors (Lipinski definition) is 5. The van der Waals surface area contributed by atoms with Gasteiger partial charge in [0.1, 0.15) is 5.54 Å². The average Bonchev–Trinajstić information content (AvgIpc) is 2.35. The fourth-order valence-electron chi connectivity index (χ4n) is 1.65. The van der Waals surface area contributed by atoms with E-state index in [2.05, 4.69) is 10.6 Å². The van der Waals surface area contributed by atoms with Crippen LogP contribution in [0.4, 0.5) is 0 Å². The average molecular weight is 262 g/mol. The first-order valence-corrected chi connectivity index (χ1v) is 6.41. The highest BCUT2D eigenvalue weighted by Gasteiger charge is 2.35. The molecule has 0 amide bonds. The monoisotopic (exact) mass is 262 g/mol. The summed E-state index contributed by atoms with van der Waals surface area (Å²) in [5.41, 5.74) is -0.977. The molecule has 0 aliphatic heterocycles. The predicted octanol–water partition coefficient (Wildman–Crippen LogP) is -0.0821. The Morgan fingerprint density at radius 1 is 1.22 bits per heavy atom. The summed E-state index contributed by atoms with van der Waals surface area (Å²) in [5.74, 6) is -0.895. The summed E-state index contributed by atoms with van der Waals surface area (Å²) in [7, 11) is 2.01. The van der Waals surface area contributed by atoms with Crippen LogP contribution in [0.25, 0.3) is 0 Å². The van der Waals surface area contributed by atoms with E-state index in [0.717, 1.165) is 0 Å². The summed E-state index contributed by atoms with van der Waals surface area (Å²) in [4.78, 5) is 11.2. The number of likely N-dealkylation sites (N-methyl/N-ethyl adjacent to an activating group) is 2. The van der Waals surface area contributed by atoms with Crippen LogP contribution < -0.4 is 10.6 Å². The highest BCUT2D eigenvalue weighted by molar-refractivity contribution is 6.40. The van der Waals surface area contributed by atoms with Gasteiger partial charge in [0.2, 0.25) is 0 Å². The standard InChI is InChI=1S/C9H21BN2O4.C2H6/c1-11-7-9(12-2,8(13)14)5-3-4-6-10(15)16;1-2/h11-12,15-16H,3-7H2,1-2H3,(H,13,14);1-2H3. The second-order valence-electron chi connectivity index (χ2n) is 3.89. The van der Waals surface area contributed by atoms with Gasteiger partial charge in [0.15, 0.2) is 0 Å². The number of aliphatic carboxylic acids is 1. The van der Waals surface area contributed by atoms with Crippen LogP contribution in [0, 0.1) is 0 Å². The zero-order chi connectivity index (χ0) is 14.6. The van der Waals surface area contributed by atoms with Crippen LogP contribution in [0.3, 0.4) is 0 Å². The summed E-state index contributed by atoms with van der Waals surface area (Å²) >= 11 is 0. The van der Waals surface area contributed by atoms with Gasteiger partial charge in [-0.2, -0.15) is 0 Å². The summed E-state index contributed by atoms with van der Waals surface area (Å²) < 4.78 is 0. The molecule has 0 fully saturated rings. The lowest BCUT2D eigenvalue weighted by Gasteiger charge is -2.28. The van der Waals surface area contributed by atoms with Crippen molar-refractivity contribution in [3.8, 4) is 0 Å². The Morgan fingerprint density at radius 3 is 2.11 bits per heavy atom. The molecule has 0 bridgehead atoms. The zero-order valence-electron chi connectivity index (χ0n) is 11.9. The van der Waals surface area contributed by atoms with Crippen LogP contribution in [0.1, 0.15) is 33.1 Å². The van der Waals surface area contributed by atoms with E-state index in [0.29, 0.717) is 25.8 Å². The highest BCUT2D eigenvalue weighted by Crippen LogP contribution is 2.15. The van der Waals surface area contributed by atoms with Gasteiger partial charge in [0, 0.05) is 6.54 Å². The minimum absolute atomic E-state index is 0.277. The van der Waals surface area contributed by atoms with Crippen LogP contribution in [0.2, 0.25) is 6.32 Å². The Bertz CT molecular complexity index is 217. The van der Waals surface area contributed by atoms with Gasteiger partial charge in [0.05, 0.1) is 0 Å². The fourth-order valence-corrected chi connectivity index (χ4v) is 1.65. The van der Waals surface area contributed by atoms with Gasteiger partial charge in [-0.1, -0.05) is 26.7 Å². The zero-order valence-corrected chi connectivity index (χ0v) is 11.9. The maximum atomic E-state index is 11.2. The number of hydrogen-bond acceptors (Lipinski definition) is 5. The summed E-state index contributed by atoms with van der Waals surface area (Å²) in [6, 6.07) is 0. The molecular weight excluding hydrogens is 235 g/mol. The number of rotatable bonds is 9. The van der Waals surface area contributed by atoms with E-state index < -0.39 is 18.6 Å². The first-order chi connectivity index (χ1) is 8.48. The smallest absolute Gasteiger partial charge is 0.451 e. The van der Waals surface area contributed by atoms with E-state index in [4.69, 9.17) is 15.2 Å². The Hall–Kier alpha value is -0.625. The molecule has 0 radical (unpaired) electrons. The molecule has 1 unspecified atom stereocenters. The topological polar surface area (TPSA) is 102 Å². The van der Waals surface area contributed by atoms with Gasteiger partial charge in [-0.05, 0) is 26.8 Å². The number of unbranched alkanes of at least 4 members (excludes halogenated alkanes) is 1. The van der Waals surface area contributed by atoms with Crippen molar-refractivity contribution in [1.29, 1.82) is 0 Å². The predicted molar refractivity (Wildman–Crippen MR) is 73.6 cm³/mol. The van der Waals surface area contributed by atoms with Crippen molar-refractivity contribution >= 4 is 13.1 Å². The van der Waals surface area contributed by atoms with Gasteiger partial charge in [-0.15, -0.1) is 0 Å². The van der Waals surface area contributed by atoms with Crippen molar-refractivity contribution in [3.63, 3.8) is 0 Å². The van der Waals surface area contributed by atoms with Crippen LogP contribution in [-0.4, -0.2) is 54.4 Å². The quantitative estimate of drug-likeness (QED) is 0.294. The van der Waals surface area contributed by atoms with Crippen molar-refractivity contribution in [2.45, 2.75) is 45.0 Å². The SMILES string of the molecule is CC.CNCC(CCCCB(O)O)(NC)C(=O)O. The van der Waals surface area contributed by atoms with Crippen LogP contribution in [0.5, 0.6) is 0 Å². The molecule has 0 aromatic heterocycles. The Labute approximate surface area is 110 Å². The van der Waals surface area contributed by atoms with Crippen LogP contribution in [-0.2, 0) is 4.79 Å². The molecule has 7 heteroatoms. The largest absolute Gasteiger partial charge is 0.480 e. The molecule has 0 spiro atoms. The Kier molecular flexibility index (Phi) is 12.6. The lowest BCUT2D eigenvalue weighted by atomic mass is 9.82. The van der Waals surface area contributed by atoms with Gasteiger partial charge < -0.3 is 25.8 Å². The molecule has 0 heterocycles. The number of carbonyl (C=O) groups is 1. The molecule has 0 aliphatic rings. The molecule has 0 rings (SSSR count). The normalized spacial score (nSPS) is 13.2. The Morgan fingerprint density at radius 2 is 1.78 bits per heavy atom. The van der Waals surface area contributed by atoms with Crippen molar-refractivity contribution in [2.24, 2.45) is 0 Å². The molecule has 0 aromatic rings. The third-order valence-corrected chi connectivity index (χ3v) is 2.68. The van der Waals surface area contributed by atoms with Crippen molar-refractivity contribution in [1.82, 2.24) is 10.6 Å². The number of carboxylic acids is 1. The first-order valence-electron chi connectivity index (χ1n) is 6.41. The van der Waals surface area contributed by atoms with Crippen molar-refractivity contribution in [3.05, 3.63) is 0 Å². The molecule has 1 atom stereocenters. The van der Waals surface area contributed by atoms with Gasteiger partial charge in [-0.25, -0.2) is 0 Å². The third-order valence-electron chi connectivity index (χ3n) is 2.68. The summed E-state index contributed by atoms with van der Waals surface area (Å²) in [6.07, 6.45) is 1.95. The third kappa shape index (κ3) is 7.65. The summed E-state index contributed by atoms with van der Waals surface area (Å²) in [6.45, 7) is 4.33. The number of nitrogens with one attached hydrogen (secondary N) is 2. The van der Waals surface area contributed by atoms with E-state index in [1.165, 1.54) is 0 Å². The molecule has 18 heavy (non-hydrogen) atoms. The molecule has 6 nitrogen and oxygen atoms in total. The van der Waals surface area contributed by atoms with Crippen molar-refractivity contribution in [2.75, 3.05) is 20.6 Å². The fraction of sp³-hybridized carbons (Fsp3) is 0.909. The van der Waals surface area contributed by atoms with E-state index in [1.807, 2.05) is 13.8 Å². The molecule has 0 saturated carbocycles. The van der Waals surface area contributed by atoms with Gasteiger partial charge >= 0.3 is 13.1 Å². The molecule has 0 saturated heterocycles. The van der Waals surface area contributed by atoms with E-state index in [1.54, 1.807) is 14.1 Å². The maximum absolute atomic E-state index is 11.2. The van der Waals surface area contributed by atoms with Crippen LogP contribution >= 0.6 is 0 Å². The summed E-state index contributed by atoms with van der Waals surface area (Å²) in [5, 5.41) is 32.2. The minimum Gasteiger partial charge on any atom is -0.480 e. The second-order valence-corrected chi connectivity index (χ2v) is 3.89. The van der Waals surface area contributed by atoms with Crippen molar-refractivity contribution < 1.29 is 19.9 Å². The van der Waals surface area contributed by atoms with E-state index in [-0.39, 0.29) is 6.32 Å². The van der Waals surface area contributed by atoms with E-state index >= 15 is 0 Å². The van der Waals surface area contributed by atoms with Gasteiger partial charge in [-0.3, -0.25) is 4.79 Å². The lowest BCUT2D eigenvalue weighted by molar-refractivity contribution is -0.144. The van der Waals surface area contributed by atoms with Gasteiger partial charge in [0.25, 0.3) is 0 Å². The Balaban J connectivity index is 0. The highest BCUT2D eigenvalue weighted by atomic mass is 16.4. The second kappa shape index (κ2) is 11.5. The number of carboxylic acid groups (broad SMARTS) is 1. The maximum Gasteiger partial charge on any atom is 0.451 e. The minimum atomic E-state index is -1.31. The molecule has 0 aliphatic carbocycles. The first kappa shape index (κ1) is 19.7. The molecule has 5 N–H and O–H groups in total. The lowest BCUT2D eigenvalue weighted by Crippen LogP contribution is -2.56. The molecule has 108 valence electrons. The molecular formula is C11H27BN2O4.